The monoisotopic (exact) mass is 360 g/mol. The van der Waals surface area contributed by atoms with Crippen molar-refractivity contribution in [1.29, 1.82) is 5.26 Å². The maximum absolute atomic E-state index is 12.5. The molecule has 0 saturated carbocycles. The Bertz CT molecular complexity index is 1070. The molecular weight excluding hydrogens is 340 g/mol. The lowest BCUT2D eigenvalue weighted by Crippen LogP contribution is -2.35. The highest BCUT2D eigenvalue weighted by atomic mass is 16.5. The molecule has 3 aromatic rings. The van der Waals surface area contributed by atoms with Crippen molar-refractivity contribution in [2.75, 3.05) is 20.1 Å². The molecule has 2 heterocycles. The molecule has 0 unspecified atom stereocenters. The van der Waals surface area contributed by atoms with Crippen LogP contribution < -0.4 is 10.4 Å². The number of likely N-dealkylation sites (tertiary alicyclic amines) is 1. The molecule has 136 valence electrons. The minimum absolute atomic E-state index is 0.193. The lowest BCUT2D eigenvalue weighted by atomic mass is 10.0. The standard InChI is InChI=1S/C22H20N2O3/c1-24-9-7-18(8-10-24)26-19-6-5-17-12-20(22(25)27-21(17)13-19)16-4-2-3-15(11-16)14-23/h2-6,11-13,18H,7-10H2,1H3. The van der Waals surface area contributed by atoms with E-state index in [1.54, 1.807) is 36.4 Å². The van der Waals surface area contributed by atoms with Gasteiger partial charge in [0.05, 0.1) is 17.2 Å². The first-order chi connectivity index (χ1) is 13.1. The molecule has 1 aliphatic heterocycles. The van der Waals surface area contributed by atoms with Gasteiger partial charge in [-0.3, -0.25) is 0 Å². The van der Waals surface area contributed by atoms with E-state index in [1.165, 1.54) is 0 Å². The highest BCUT2D eigenvalue weighted by Crippen LogP contribution is 2.26. The van der Waals surface area contributed by atoms with Crippen LogP contribution in [-0.2, 0) is 0 Å². The smallest absolute Gasteiger partial charge is 0.344 e. The van der Waals surface area contributed by atoms with Gasteiger partial charge in [0.1, 0.15) is 17.4 Å². The average Bonchev–Trinajstić information content (AvgIpc) is 2.69. The summed E-state index contributed by atoms with van der Waals surface area (Å²) >= 11 is 0. The fraction of sp³-hybridized carbons (Fsp3) is 0.273. The van der Waals surface area contributed by atoms with Gasteiger partial charge in [-0.2, -0.15) is 5.26 Å². The second kappa shape index (κ2) is 7.26. The zero-order valence-electron chi connectivity index (χ0n) is 15.1. The van der Waals surface area contributed by atoms with E-state index in [-0.39, 0.29) is 6.10 Å². The largest absolute Gasteiger partial charge is 0.490 e. The molecule has 1 aliphatic rings. The van der Waals surface area contributed by atoms with Gasteiger partial charge in [-0.05, 0) is 55.8 Å². The van der Waals surface area contributed by atoms with Crippen molar-refractivity contribution in [3.63, 3.8) is 0 Å². The van der Waals surface area contributed by atoms with Crippen molar-refractivity contribution in [3.05, 3.63) is 64.5 Å². The van der Waals surface area contributed by atoms with Crippen molar-refractivity contribution in [1.82, 2.24) is 4.90 Å². The van der Waals surface area contributed by atoms with E-state index in [9.17, 15) is 4.79 Å². The normalized spacial score (nSPS) is 15.6. The molecule has 1 fully saturated rings. The molecule has 2 aromatic carbocycles. The minimum Gasteiger partial charge on any atom is -0.490 e. The highest BCUT2D eigenvalue weighted by molar-refractivity contribution is 5.83. The number of hydrogen-bond donors (Lipinski definition) is 0. The van der Waals surface area contributed by atoms with Gasteiger partial charge < -0.3 is 14.1 Å². The molecule has 5 heteroatoms. The zero-order chi connectivity index (χ0) is 18.8. The lowest BCUT2D eigenvalue weighted by molar-refractivity contribution is 0.114. The molecule has 4 rings (SSSR count). The van der Waals surface area contributed by atoms with E-state index < -0.39 is 5.63 Å². The molecule has 0 N–H and O–H groups in total. The number of benzene rings is 2. The third-order valence-corrected chi connectivity index (χ3v) is 4.98. The molecular formula is C22H20N2O3. The summed E-state index contributed by atoms with van der Waals surface area (Å²) in [5.74, 6) is 0.722. The van der Waals surface area contributed by atoms with Gasteiger partial charge in [0, 0.05) is 24.5 Å². The van der Waals surface area contributed by atoms with Crippen LogP contribution in [-0.4, -0.2) is 31.1 Å². The van der Waals surface area contributed by atoms with E-state index in [0.717, 1.165) is 37.1 Å². The molecule has 0 radical (unpaired) electrons. The summed E-state index contributed by atoms with van der Waals surface area (Å²) in [6, 6.07) is 16.5. The van der Waals surface area contributed by atoms with Crippen molar-refractivity contribution < 1.29 is 9.15 Å². The molecule has 0 atom stereocenters. The SMILES string of the molecule is CN1CCC(Oc2ccc3cc(-c4cccc(C#N)c4)c(=O)oc3c2)CC1. The first-order valence-corrected chi connectivity index (χ1v) is 9.06. The number of nitrogens with zero attached hydrogens (tertiary/aromatic N) is 2. The van der Waals surface area contributed by atoms with Gasteiger partial charge >= 0.3 is 5.63 Å². The third-order valence-electron chi connectivity index (χ3n) is 4.98. The fourth-order valence-electron chi connectivity index (χ4n) is 3.42. The number of ether oxygens (including phenoxy) is 1. The summed E-state index contributed by atoms with van der Waals surface area (Å²) in [7, 11) is 2.12. The first-order valence-electron chi connectivity index (χ1n) is 9.06. The van der Waals surface area contributed by atoms with E-state index in [1.807, 2.05) is 12.1 Å². The Morgan fingerprint density at radius 2 is 1.96 bits per heavy atom. The van der Waals surface area contributed by atoms with Crippen molar-refractivity contribution >= 4 is 11.0 Å². The number of nitriles is 1. The average molecular weight is 360 g/mol. The summed E-state index contributed by atoms with van der Waals surface area (Å²) in [6.07, 6.45) is 2.18. The van der Waals surface area contributed by atoms with Crippen LogP contribution in [0.25, 0.3) is 22.1 Å². The molecule has 0 aliphatic carbocycles. The zero-order valence-corrected chi connectivity index (χ0v) is 15.1. The van der Waals surface area contributed by atoms with Crippen LogP contribution in [0.3, 0.4) is 0 Å². The van der Waals surface area contributed by atoms with Crippen LogP contribution in [0.4, 0.5) is 0 Å². The van der Waals surface area contributed by atoms with Crippen LogP contribution in [0, 0.1) is 11.3 Å². The predicted molar refractivity (Wildman–Crippen MR) is 104 cm³/mol. The molecule has 1 aromatic heterocycles. The first kappa shape index (κ1) is 17.3. The summed E-state index contributed by atoms with van der Waals surface area (Å²) < 4.78 is 11.6. The van der Waals surface area contributed by atoms with Gasteiger partial charge in [0.2, 0.25) is 0 Å². The van der Waals surface area contributed by atoms with Gasteiger partial charge in [0.25, 0.3) is 0 Å². The minimum atomic E-state index is -0.422. The van der Waals surface area contributed by atoms with E-state index >= 15 is 0 Å². The molecule has 27 heavy (non-hydrogen) atoms. The Morgan fingerprint density at radius 1 is 1.15 bits per heavy atom. The third kappa shape index (κ3) is 3.71. The highest BCUT2D eigenvalue weighted by Gasteiger charge is 2.18. The van der Waals surface area contributed by atoms with Crippen LogP contribution in [0.15, 0.2) is 57.7 Å². The number of piperidine rings is 1. The lowest BCUT2D eigenvalue weighted by Gasteiger charge is -2.29. The van der Waals surface area contributed by atoms with E-state index in [0.29, 0.717) is 22.3 Å². The quantitative estimate of drug-likeness (QED) is 0.665. The Balaban J connectivity index is 1.64. The second-order valence-corrected chi connectivity index (χ2v) is 6.96. The molecule has 0 spiro atoms. The van der Waals surface area contributed by atoms with Gasteiger partial charge in [0.15, 0.2) is 0 Å². The van der Waals surface area contributed by atoms with Crippen molar-refractivity contribution in [3.8, 4) is 22.9 Å². The Morgan fingerprint density at radius 3 is 2.74 bits per heavy atom. The molecule has 0 amide bonds. The molecule has 5 nitrogen and oxygen atoms in total. The number of fused-ring (bicyclic) bond motifs is 1. The number of hydrogen-bond acceptors (Lipinski definition) is 5. The molecule has 0 bridgehead atoms. The van der Waals surface area contributed by atoms with Gasteiger partial charge in [-0.15, -0.1) is 0 Å². The Labute approximate surface area is 157 Å². The van der Waals surface area contributed by atoms with E-state index in [4.69, 9.17) is 14.4 Å². The van der Waals surface area contributed by atoms with Crippen molar-refractivity contribution in [2.45, 2.75) is 18.9 Å². The molecule has 1 saturated heterocycles. The summed E-state index contributed by atoms with van der Waals surface area (Å²) in [5.41, 5.74) is 1.72. The maximum atomic E-state index is 12.5. The summed E-state index contributed by atoms with van der Waals surface area (Å²) in [5, 5.41) is 9.88. The topological polar surface area (TPSA) is 66.5 Å². The van der Waals surface area contributed by atoms with E-state index in [2.05, 4.69) is 18.0 Å². The van der Waals surface area contributed by atoms with Crippen LogP contribution in [0.5, 0.6) is 5.75 Å². The van der Waals surface area contributed by atoms with Gasteiger partial charge in [-0.25, -0.2) is 4.79 Å². The second-order valence-electron chi connectivity index (χ2n) is 6.96. The number of rotatable bonds is 3. The van der Waals surface area contributed by atoms with Crippen LogP contribution >= 0.6 is 0 Å². The van der Waals surface area contributed by atoms with Gasteiger partial charge in [-0.1, -0.05) is 12.1 Å². The summed E-state index contributed by atoms with van der Waals surface area (Å²) in [4.78, 5) is 14.8. The van der Waals surface area contributed by atoms with Crippen LogP contribution in [0.2, 0.25) is 0 Å². The predicted octanol–water partition coefficient (Wildman–Crippen LogP) is 3.80. The Hall–Kier alpha value is -3.10. The maximum Gasteiger partial charge on any atom is 0.344 e. The van der Waals surface area contributed by atoms with Crippen LogP contribution in [0.1, 0.15) is 18.4 Å². The van der Waals surface area contributed by atoms with Crippen molar-refractivity contribution in [2.24, 2.45) is 0 Å². The fourth-order valence-corrected chi connectivity index (χ4v) is 3.42. The Kier molecular flexibility index (Phi) is 4.66. The summed E-state index contributed by atoms with van der Waals surface area (Å²) in [6.45, 7) is 2.05.